The SMILES string of the molecule is CC(C)COCCOc1nc(N)nc(-n2cccn2)n1. The van der Waals surface area contributed by atoms with Crippen molar-refractivity contribution >= 4 is 5.95 Å². The van der Waals surface area contributed by atoms with E-state index in [-0.39, 0.29) is 12.0 Å². The van der Waals surface area contributed by atoms with Crippen molar-refractivity contribution in [1.29, 1.82) is 0 Å². The molecule has 0 aliphatic heterocycles. The molecule has 2 aromatic rings. The molecule has 0 fully saturated rings. The van der Waals surface area contributed by atoms with E-state index in [9.17, 15) is 0 Å². The van der Waals surface area contributed by atoms with Gasteiger partial charge in [0, 0.05) is 19.0 Å². The summed E-state index contributed by atoms with van der Waals surface area (Å²) in [7, 11) is 0. The molecule has 20 heavy (non-hydrogen) atoms. The van der Waals surface area contributed by atoms with E-state index >= 15 is 0 Å². The Labute approximate surface area is 117 Å². The Morgan fingerprint density at radius 2 is 2.10 bits per heavy atom. The predicted octanol–water partition coefficient (Wildman–Crippen LogP) is 0.691. The highest BCUT2D eigenvalue weighted by atomic mass is 16.5. The topological polar surface area (TPSA) is 101 Å². The third-order valence-corrected chi connectivity index (χ3v) is 2.24. The van der Waals surface area contributed by atoms with E-state index in [1.54, 1.807) is 18.5 Å². The van der Waals surface area contributed by atoms with Crippen molar-refractivity contribution in [1.82, 2.24) is 24.7 Å². The minimum absolute atomic E-state index is 0.0867. The second-order valence-corrected chi connectivity index (χ2v) is 4.54. The Morgan fingerprint density at radius 3 is 2.80 bits per heavy atom. The van der Waals surface area contributed by atoms with Crippen LogP contribution in [-0.2, 0) is 4.74 Å². The van der Waals surface area contributed by atoms with E-state index in [1.807, 2.05) is 0 Å². The van der Waals surface area contributed by atoms with Crippen LogP contribution in [0, 0.1) is 5.92 Å². The second kappa shape index (κ2) is 6.80. The van der Waals surface area contributed by atoms with Gasteiger partial charge in [0.15, 0.2) is 0 Å². The maximum Gasteiger partial charge on any atom is 0.323 e. The quantitative estimate of drug-likeness (QED) is 0.743. The molecule has 0 amide bonds. The Bertz CT molecular complexity index is 529. The lowest BCUT2D eigenvalue weighted by molar-refractivity contribution is 0.0791. The molecule has 0 saturated heterocycles. The van der Waals surface area contributed by atoms with Crippen LogP contribution in [0.15, 0.2) is 18.5 Å². The van der Waals surface area contributed by atoms with Gasteiger partial charge >= 0.3 is 6.01 Å². The van der Waals surface area contributed by atoms with Crippen LogP contribution in [0.4, 0.5) is 5.95 Å². The van der Waals surface area contributed by atoms with Gasteiger partial charge < -0.3 is 15.2 Å². The van der Waals surface area contributed by atoms with Crippen molar-refractivity contribution in [2.75, 3.05) is 25.6 Å². The van der Waals surface area contributed by atoms with Gasteiger partial charge in [-0.1, -0.05) is 13.8 Å². The molecule has 2 heterocycles. The minimum Gasteiger partial charge on any atom is -0.461 e. The Balaban J connectivity index is 1.92. The van der Waals surface area contributed by atoms with Crippen LogP contribution in [-0.4, -0.2) is 44.6 Å². The van der Waals surface area contributed by atoms with Crippen LogP contribution in [0.2, 0.25) is 0 Å². The molecule has 8 heteroatoms. The van der Waals surface area contributed by atoms with E-state index in [0.29, 0.717) is 31.7 Å². The van der Waals surface area contributed by atoms with Gasteiger partial charge in [-0.15, -0.1) is 0 Å². The predicted molar refractivity (Wildman–Crippen MR) is 72.5 cm³/mol. The van der Waals surface area contributed by atoms with Crippen LogP contribution < -0.4 is 10.5 Å². The first kappa shape index (κ1) is 14.2. The Hall–Kier alpha value is -2.22. The molecule has 0 aliphatic rings. The number of nitrogens with zero attached hydrogens (tertiary/aromatic N) is 5. The third kappa shape index (κ3) is 4.16. The van der Waals surface area contributed by atoms with Crippen molar-refractivity contribution in [3.05, 3.63) is 18.5 Å². The summed E-state index contributed by atoms with van der Waals surface area (Å²) in [5.41, 5.74) is 5.62. The highest BCUT2D eigenvalue weighted by Gasteiger charge is 2.07. The highest BCUT2D eigenvalue weighted by Crippen LogP contribution is 2.08. The number of anilines is 1. The number of ether oxygens (including phenoxy) is 2. The summed E-state index contributed by atoms with van der Waals surface area (Å²) in [6.07, 6.45) is 3.34. The van der Waals surface area contributed by atoms with Gasteiger partial charge in [-0.2, -0.15) is 20.1 Å². The zero-order valence-electron chi connectivity index (χ0n) is 11.6. The molecule has 0 aliphatic carbocycles. The van der Waals surface area contributed by atoms with Gasteiger partial charge in [-0.3, -0.25) is 0 Å². The van der Waals surface area contributed by atoms with Crippen LogP contribution in [0.1, 0.15) is 13.8 Å². The third-order valence-electron chi connectivity index (χ3n) is 2.24. The lowest BCUT2D eigenvalue weighted by atomic mass is 10.2. The van der Waals surface area contributed by atoms with Crippen molar-refractivity contribution in [3.8, 4) is 12.0 Å². The molecule has 0 spiro atoms. The first-order valence-corrected chi connectivity index (χ1v) is 6.37. The standard InChI is InChI=1S/C12H18N6O2/c1-9(2)8-19-6-7-20-12-16-10(13)15-11(17-12)18-5-3-4-14-18/h3-5,9H,6-8H2,1-2H3,(H2,13,15,16,17). The summed E-state index contributed by atoms with van der Waals surface area (Å²) >= 11 is 0. The normalized spacial score (nSPS) is 10.9. The molecule has 0 unspecified atom stereocenters. The molecule has 2 rings (SSSR count). The number of rotatable bonds is 7. The first-order valence-electron chi connectivity index (χ1n) is 6.37. The lowest BCUT2D eigenvalue weighted by Crippen LogP contribution is -2.13. The van der Waals surface area contributed by atoms with Crippen molar-refractivity contribution in [2.24, 2.45) is 5.92 Å². The van der Waals surface area contributed by atoms with Crippen molar-refractivity contribution in [2.45, 2.75) is 13.8 Å². The summed E-state index contributed by atoms with van der Waals surface area (Å²) in [6.45, 7) is 5.70. The van der Waals surface area contributed by atoms with Crippen LogP contribution in [0.25, 0.3) is 5.95 Å². The maximum absolute atomic E-state index is 5.62. The summed E-state index contributed by atoms with van der Waals surface area (Å²) in [4.78, 5) is 12.0. The number of nitrogens with two attached hydrogens (primary N) is 1. The van der Waals surface area contributed by atoms with Crippen molar-refractivity contribution < 1.29 is 9.47 Å². The lowest BCUT2D eigenvalue weighted by Gasteiger charge is -2.08. The summed E-state index contributed by atoms with van der Waals surface area (Å²) in [5, 5.41) is 4.03. The number of aromatic nitrogens is 5. The fraction of sp³-hybridized carbons (Fsp3) is 0.500. The van der Waals surface area contributed by atoms with Gasteiger partial charge in [-0.25, -0.2) is 4.68 Å². The molecule has 8 nitrogen and oxygen atoms in total. The molecule has 2 N–H and O–H groups in total. The van der Waals surface area contributed by atoms with E-state index in [2.05, 4.69) is 33.9 Å². The van der Waals surface area contributed by atoms with E-state index in [0.717, 1.165) is 0 Å². The molecule has 0 radical (unpaired) electrons. The fourth-order valence-electron chi connectivity index (χ4n) is 1.43. The molecule has 2 aromatic heterocycles. The van der Waals surface area contributed by atoms with E-state index < -0.39 is 0 Å². The fourth-order valence-corrected chi connectivity index (χ4v) is 1.43. The smallest absolute Gasteiger partial charge is 0.323 e. The zero-order valence-corrected chi connectivity index (χ0v) is 11.6. The zero-order chi connectivity index (χ0) is 14.4. The van der Waals surface area contributed by atoms with Gasteiger partial charge in [-0.05, 0) is 12.0 Å². The average molecular weight is 278 g/mol. The minimum atomic E-state index is 0.0867. The molecule has 0 saturated carbocycles. The van der Waals surface area contributed by atoms with Crippen LogP contribution in [0.3, 0.4) is 0 Å². The largest absolute Gasteiger partial charge is 0.461 e. The van der Waals surface area contributed by atoms with Gasteiger partial charge in [0.05, 0.1) is 6.61 Å². The summed E-state index contributed by atoms with van der Waals surface area (Å²) < 4.78 is 12.3. The second-order valence-electron chi connectivity index (χ2n) is 4.54. The first-order chi connectivity index (χ1) is 9.65. The summed E-state index contributed by atoms with van der Waals surface area (Å²) in [5.74, 6) is 0.901. The van der Waals surface area contributed by atoms with Gasteiger partial charge in [0.2, 0.25) is 5.95 Å². The van der Waals surface area contributed by atoms with Gasteiger partial charge in [0.25, 0.3) is 5.95 Å². The molecule has 0 atom stereocenters. The molecule has 0 bridgehead atoms. The number of hydrogen-bond donors (Lipinski definition) is 1. The number of nitrogen functional groups attached to an aromatic ring is 1. The Morgan fingerprint density at radius 1 is 1.25 bits per heavy atom. The highest BCUT2D eigenvalue weighted by molar-refractivity contribution is 5.24. The van der Waals surface area contributed by atoms with E-state index in [4.69, 9.17) is 15.2 Å². The van der Waals surface area contributed by atoms with Crippen molar-refractivity contribution in [3.63, 3.8) is 0 Å². The van der Waals surface area contributed by atoms with Crippen LogP contribution in [0.5, 0.6) is 6.01 Å². The maximum atomic E-state index is 5.62. The summed E-state index contributed by atoms with van der Waals surface area (Å²) in [6, 6.07) is 1.93. The monoisotopic (exact) mass is 278 g/mol. The Kier molecular flexibility index (Phi) is 4.83. The average Bonchev–Trinajstić information content (AvgIpc) is 2.91. The molecular formula is C12H18N6O2. The molecule has 0 aromatic carbocycles. The van der Waals surface area contributed by atoms with E-state index in [1.165, 1.54) is 4.68 Å². The van der Waals surface area contributed by atoms with Gasteiger partial charge in [0.1, 0.15) is 6.61 Å². The number of hydrogen-bond acceptors (Lipinski definition) is 7. The molecular weight excluding hydrogens is 260 g/mol. The molecule has 108 valence electrons. The van der Waals surface area contributed by atoms with Crippen LogP contribution >= 0.6 is 0 Å².